The van der Waals surface area contributed by atoms with E-state index in [0.29, 0.717) is 23.5 Å². The monoisotopic (exact) mass is 628 g/mol. The number of carbonyl (C=O) groups excluding carboxylic acids is 2. The van der Waals surface area contributed by atoms with Gasteiger partial charge in [-0.3, -0.25) is 9.59 Å². The van der Waals surface area contributed by atoms with E-state index >= 15 is 0 Å². The fourth-order valence-corrected chi connectivity index (χ4v) is 9.44. The van der Waals surface area contributed by atoms with Crippen molar-refractivity contribution in [2.75, 3.05) is 12.3 Å². The molecule has 170 valence electrons. The maximum Gasteiger partial charge on any atom is 0.261 e. The lowest BCUT2D eigenvalue weighted by molar-refractivity contribution is -0.123. The van der Waals surface area contributed by atoms with Gasteiger partial charge >= 0.3 is 0 Å². The summed E-state index contributed by atoms with van der Waals surface area (Å²) < 4.78 is 1.98. The molecule has 0 aromatic carbocycles. The van der Waals surface area contributed by atoms with Gasteiger partial charge in [0.2, 0.25) is 0 Å². The lowest BCUT2D eigenvalue weighted by Crippen LogP contribution is -2.43. The predicted octanol–water partition coefficient (Wildman–Crippen LogP) is 6.90. The summed E-state index contributed by atoms with van der Waals surface area (Å²) in [6, 6.07) is 8.01. The number of nitrogens with zero attached hydrogens (tertiary/aromatic N) is 2. The zero-order valence-corrected chi connectivity index (χ0v) is 25.8. The number of thiophene rings is 2. The molecule has 2 aromatic heterocycles. The van der Waals surface area contributed by atoms with Gasteiger partial charge in [0.05, 0.1) is 56.0 Å². The van der Waals surface area contributed by atoms with Crippen LogP contribution in [0.1, 0.15) is 9.75 Å². The summed E-state index contributed by atoms with van der Waals surface area (Å²) in [5.41, 5.74) is 2.75. The van der Waals surface area contributed by atoms with Gasteiger partial charge in [0.25, 0.3) is 11.8 Å². The minimum Gasteiger partial charge on any atom is -0.309 e. The lowest BCUT2D eigenvalue weighted by Gasteiger charge is -2.30. The molecule has 10 heteroatoms. The topological polar surface area (TPSA) is 40.6 Å². The van der Waals surface area contributed by atoms with Gasteiger partial charge in [-0.1, -0.05) is 39.3 Å². The van der Waals surface area contributed by atoms with E-state index in [1.165, 1.54) is 0 Å². The van der Waals surface area contributed by atoms with Gasteiger partial charge in [-0.2, -0.15) is 0 Å². The molecule has 2 aliphatic heterocycles. The van der Waals surface area contributed by atoms with Crippen molar-refractivity contribution in [3.63, 3.8) is 0 Å². The molecule has 0 atom stereocenters. The van der Waals surface area contributed by atoms with Crippen LogP contribution >= 0.6 is 54.5 Å². The summed E-state index contributed by atoms with van der Waals surface area (Å²) >= 11 is 10.3. The Bertz CT molecular complexity index is 1090. The third kappa shape index (κ3) is 4.59. The maximum absolute atomic E-state index is 14.0. The summed E-state index contributed by atoms with van der Waals surface area (Å²) in [5.74, 6) is -0.0687. The minimum atomic E-state index is -1.64. The van der Waals surface area contributed by atoms with Crippen molar-refractivity contribution >= 4 is 93.9 Å². The maximum atomic E-state index is 14.0. The highest BCUT2D eigenvalue weighted by Gasteiger charge is 2.50. The molecule has 0 fully saturated rings. The van der Waals surface area contributed by atoms with E-state index in [1.54, 1.807) is 22.7 Å². The van der Waals surface area contributed by atoms with Crippen LogP contribution in [0.4, 0.5) is 0 Å². The molecule has 0 N–H and O–H groups in total. The first kappa shape index (κ1) is 24.3. The van der Waals surface area contributed by atoms with E-state index in [9.17, 15) is 9.59 Å². The van der Waals surface area contributed by atoms with E-state index in [-0.39, 0.29) is 11.8 Å². The molecular weight excluding hydrogens is 604 g/mol. The van der Waals surface area contributed by atoms with Gasteiger partial charge < -0.3 is 9.80 Å². The van der Waals surface area contributed by atoms with E-state index in [4.69, 9.17) is 0 Å². The molecular formula is C22H26Br2N2O2S2Si2. The smallest absolute Gasteiger partial charge is 0.261 e. The SMILES string of the molecule is C[Si](C)(C)CN1C(=O)C2=C(c3ccc(Br)s3)N(C[Si](C)(C)C)C(=O)C2=C1c1ccc(Br)s1. The Balaban J connectivity index is 1.99. The first-order valence-corrected chi connectivity index (χ1v) is 21.0. The number of halogens is 2. The van der Waals surface area contributed by atoms with Gasteiger partial charge in [-0.15, -0.1) is 22.7 Å². The minimum absolute atomic E-state index is 0.0344. The lowest BCUT2D eigenvalue weighted by atomic mass is 10.1. The molecule has 0 aliphatic carbocycles. The highest BCUT2D eigenvalue weighted by atomic mass is 79.9. The summed E-state index contributed by atoms with van der Waals surface area (Å²) in [4.78, 5) is 33.6. The highest BCUT2D eigenvalue weighted by molar-refractivity contribution is 9.11. The molecule has 0 bridgehead atoms. The number of hydrogen-bond donors (Lipinski definition) is 0. The normalized spacial score (nSPS) is 17.4. The fraction of sp³-hybridized carbons (Fsp3) is 0.364. The fourth-order valence-electron chi connectivity index (χ4n) is 4.04. The van der Waals surface area contributed by atoms with Crippen LogP contribution in [0.15, 0.2) is 43.0 Å². The standard InChI is InChI=1S/C22H26Br2N2O2S2Si2/c1-31(2,3)11-25-19(13-7-9-15(23)29-13)17-18(21(25)27)20(14-8-10-16(24)30-14)26(22(17)28)12-32(4,5)6/h7-10H,11-12H2,1-6H3. The second-order valence-corrected chi connectivity index (χ2v) is 26.4. The zero-order valence-electron chi connectivity index (χ0n) is 19.0. The molecule has 4 heterocycles. The molecule has 0 saturated heterocycles. The van der Waals surface area contributed by atoms with Crippen LogP contribution in [-0.4, -0.2) is 50.1 Å². The molecule has 32 heavy (non-hydrogen) atoms. The van der Waals surface area contributed by atoms with E-state index in [1.807, 2.05) is 34.1 Å². The first-order valence-electron chi connectivity index (χ1n) is 10.4. The van der Waals surface area contributed by atoms with Crippen molar-refractivity contribution in [2.45, 2.75) is 39.3 Å². The first-order chi connectivity index (χ1) is 14.8. The molecule has 2 aliphatic rings. The zero-order chi connectivity index (χ0) is 23.6. The average Bonchev–Trinajstić information content (AvgIpc) is 3.37. The van der Waals surface area contributed by atoms with Crippen LogP contribution in [0.5, 0.6) is 0 Å². The van der Waals surface area contributed by atoms with E-state index < -0.39 is 16.1 Å². The van der Waals surface area contributed by atoms with Crippen molar-refractivity contribution in [2.24, 2.45) is 0 Å². The highest BCUT2D eigenvalue weighted by Crippen LogP contribution is 2.49. The van der Waals surface area contributed by atoms with E-state index in [2.05, 4.69) is 71.1 Å². The molecule has 0 radical (unpaired) electrons. The Hall–Kier alpha value is -0.786. The van der Waals surface area contributed by atoms with Crippen LogP contribution in [0.2, 0.25) is 39.3 Å². The Labute approximate surface area is 216 Å². The summed E-state index contributed by atoms with van der Waals surface area (Å²) in [6.45, 7) is 13.5. The Morgan fingerprint density at radius 3 is 1.28 bits per heavy atom. The van der Waals surface area contributed by atoms with Gasteiger partial charge in [-0.25, -0.2) is 0 Å². The van der Waals surface area contributed by atoms with Crippen molar-refractivity contribution in [3.8, 4) is 0 Å². The second kappa shape index (κ2) is 8.46. The van der Waals surface area contributed by atoms with Crippen LogP contribution < -0.4 is 0 Å². The summed E-state index contributed by atoms with van der Waals surface area (Å²) in [7, 11) is -3.27. The quantitative estimate of drug-likeness (QED) is 0.326. The van der Waals surface area contributed by atoms with Crippen LogP contribution in [-0.2, 0) is 9.59 Å². The van der Waals surface area contributed by atoms with Crippen molar-refractivity contribution < 1.29 is 9.59 Å². The largest absolute Gasteiger partial charge is 0.309 e. The third-order valence-corrected chi connectivity index (χ3v) is 10.9. The summed E-state index contributed by atoms with van der Waals surface area (Å²) in [5, 5.41) is 0. The van der Waals surface area contributed by atoms with Crippen molar-refractivity contribution in [3.05, 3.63) is 52.7 Å². The number of fused-ring (bicyclic) bond motifs is 1. The second-order valence-electron chi connectivity index (χ2n) is 10.6. The van der Waals surface area contributed by atoms with Gasteiger partial charge in [0.1, 0.15) is 0 Å². The van der Waals surface area contributed by atoms with Crippen molar-refractivity contribution in [1.29, 1.82) is 0 Å². The van der Waals surface area contributed by atoms with Gasteiger partial charge in [0, 0.05) is 12.3 Å². The van der Waals surface area contributed by atoms with E-state index in [0.717, 1.165) is 28.7 Å². The Morgan fingerprint density at radius 2 is 1.03 bits per heavy atom. The van der Waals surface area contributed by atoms with Crippen LogP contribution in [0, 0.1) is 0 Å². The van der Waals surface area contributed by atoms with Crippen molar-refractivity contribution in [1.82, 2.24) is 9.80 Å². The molecule has 4 rings (SSSR count). The molecule has 2 aromatic rings. The summed E-state index contributed by atoms with van der Waals surface area (Å²) in [6.07, 6.45) is 1.37. The van der Waals surface area contributed by atoms with Crippen LogP contribution in [0.25, 0.3) is 11.4 Å². The Kier molecular flexibility index (Phi) is 6.43. The van der Waals surface area contributed by atoms with Gasteiger partial charge in [0.15, 0.2) is 0 Å². The molecule has 0 unspecified atom stereocenters. The molecule has 2 amide bonds. The third-order valence-electron chi connectivity index (χ3n) is 5.06. The van der Waals surface area contributed by atoms with Gasteiger partial charge in [-0.05, 0) is 56.1 Å². The molecule has 0 spiro atoms. The number of amides is 2. The predicted molar refractivity (Wildman–Crippen MR) is 148 cm³/mol. The average molecular weight is 631 g/mol. The molecule has 0 saturated carbocycles. The number of carbonyl (C=O) groups is 2. The Morgan fingerprint density at radius 1 is 0.688 bits per heavy atom. The van der Waals surface area contributed by atoms with Crippen LogP contribution in [0.3, 0.4) is 0 Å². The number of rotatable bonds is 6. The molecule has 4 nitrogen and oxygen atoms in total. The number of hydrogen-bond acceptors (Lipinski definition) is 4.